The molecule has 2 fully saturated rings. The Labute approximate surface area is 183 Å². The standard InChI is InChI=1S/C21H23F2N7O2/c22-19(23)20-25-14-3-1-2-4-15(14)30(20)21-26-16(28-7-5-18(31)24-6-8-28)13-17(27-21)29-9-11-32-12-10-29/h1-4,13,19H,5-12H2,(H,24,31). The average molecular weight is 443 g/mol. The molecule has 9 nitrogen and oxygen atoms in total. The predicted molar refractivity (Wildman–Crippen MR) is 114 cm³/mol. The molecule has 1 N–H and O–H groups in total. The number of morpholine rings is 1. The molecule has 5 rings (SSSR count). The fourth-order valence-corrected chi connectivity index (χ4v) is 4.02. The van der Waals surface area contributed by atoms with E-state index < -0.39 is 12.2 Å². The van der Waals surface area contributed by atoms with Crippen molar-refractivity contribution in [2.45, 2.75) is 12.8 Å². The van der Waals surface area contributed by atoms with Crippen LogP contribution in [0.15, 0.2) is 30.3 Å². The second kappa shape index (κ2) is 8.65. The number of nitrogens with zero attached hydrogens (tertiary/aromatic N) is 6. The van der Waals surface area contributed by atoms with E-state index >= 15 is 0 Å². The van der Waals surface area contributed by atoms with Crippen molar-refractivity contribution in [2.75, 3.05) is 55.7 Å². The third-order valence-corrected chi connectivity index (χ3v) is 5.64. The molecule has 2 saturated heterocycles. The summed E-state index contributed by atoms with van der Waals surface area (Å²) in [5.74, 6) is 0.942. The van der Waals surface area contributed by atoms with Crippen LogP contribution in [0.4, 0.5) is 20.4 Å². The summed E-state index contributed by atoms with van der Waals surface area (Å²) in [7, 11) is 0. The van der Waals surface area contributed by atoms with Crippen LogP contribution >= 0.6 is 0 Å². The van der Waals surface area contributed by atoms with E-state index in [1.54, 1.807) is 24.3 Å². The van der Waals surface area contributed by atoms with Gasteiger partial charge in [-0.1, -0.05) is 12.1 Å². The molecule has 32 heavy (non-hydrogen) atoms. The maximum absolute atomic E-state index is 13.9. The highest BCUT2D eigenvalue weighted by atomic mass is 19.3. The van der Waals surface area contributed by atoms with Crippen LogP contribution in [0.1, 0.15) is 18.7 Å². The number of ether oxygens (including phenoxy) is 1. The topological polar surface area (TPSA) is 88.4 Å². The maximum atomic E-state index is 13.9. The first-order valence-corrected chi connectivity index (χ1v) is 10.6. The first-order chi connectivity index (χ1) is 15.6. The molecule has 2 aromatic heterocycles. The number of aromatic nitrogens is 4. The molecule has 0 saturated carbocycles. The lowest BCUT2D eigenvalue weighted by Crippen LogP contribution is -2.37. The Morgan fingerprint density at radius 3 is 2.44 bits per heavy atom. The number of anilines is 2. The van der Waals surface area contributed by atoms with E-state index in [0.29, 0.717) is 75.0 Å². The highest BCUT2D eigenvalue weighted by Gasteiger charge is 2.25. The van der Waals surface area contributed by atoms with E-state index in [2.05, 4.69) is 25.2 Å². The van der Waals surface area contributed by atoms with Crippen molar-refractivity contribution in [3.05, 3.63) is 36.2 Å². The smallest absolute Gasteiger partial charge is 0.296 e. The zero-order chi connectivity index (χ0) is 22.1. The zero-order valence-corrected chi connectivity index (χ0v) is 17.4. The van der Waals surface area contributed by atoms with Crippen molar-refractivity contribution in [3.63, 3.8) is 0 Å². The Morgan fingerprint density at radius 2 is 1.69 bits per heavy atom. The molecule has 4 heterocycles. The van der Waals surface area contributed by atoms with Gasteiger partial charge in [0.1, 0.15) is 11.6 Å². The molecule has 0 unspecified atom stereocenters. The lowest BCUT2D eigenvalue weighted by Gasteiger charge is -2.29. The minimum Gasteiger partial charge on any atom is -0.378 e. The van der Waals surface area contributed by atoms with Crippen LogP contribution in [0.25, 0.3) is 17.0 Å². The largest absolute Gasteiger partial charge is 0.378 e. The lowest BCUT2D eigenvalue weighted by atomic mass is 10.3. The van der Waals surface area contributed by atoms with Crippen LogP contribution < -0.4 is 15.1 Å². The number of amides is 1. The molecule has 0 spiro atoms. The third kappa shape index (κ3) is 3.95. The monoisotopic (exact) mass is 443 g/mol. The number of rotatable bonds is 4. The number of imidazole rings is 1. The van der Waals surface area contributed by atoms with Gasteiger partial charge in [0.05, 0.1) is 24.2 Å². The van der Waals surface area contributed by atoms with Crippen LogP contribution in [0.3, 0.4) is 0 Å². The van der Waals surface area contributed by atoms with Gasteiger partial charge in [-0.15, -0.1) is 0 Å². The number of fused-ring (bicyclic) bond motifs is 1. The average Bonchev–Trinajstić information content (AvgIpc) is 3.08. The minimum absolute atomic E-state index is 0.0178. The molecule has 3 aromatic rings. The van der Waals surface area contributed by atoms with Crippen molar-refractivity contribution in [3.8, 4) is 5.95 Å². The molecule has 0 atom stereocenters. The van der Waals surface area contributed by atoms with E-state index in [0.717, 1.165) is 0 Å². The van der Waals surface area contributed by atoms with E-state index in [-0.39, 0.29) is 11.9 Å². The van der Waals surface area contributed by atoms with Crippen LogP contribution in [0, 0.1) is 0 Å². The van der Waals surface area contributed by atoms with E-state index in [1.165, 1.54) is 4.57 Å². The Kier molecular flexibility index (Phi) is 5.56. The molecule has 0 radical (unpaired) electrons. The summed E-state index contributed by atoms with van der Waals surface area (Å²) in [6, 6.07) is 8.80. The molecular weight excluding hydrogens is 420 g/mol. The molecule has 1 aromatic carbocycles. The summed E-state index contributed by atoms with van der Waals surface area (Å²) in [4.78, 5) is 29.3. The molecule has 2 aliphatic rings. The molecule has 2 aliphatic heterocycles. The number of hydrogen-bond acceptors (Lipinski definition) is 7. The number of carbonyl (C=O) groups excluding carboxylic acids is 1. The highest BCUT2D eigenvalue weighted by molar-refractivity contribution is 5.78. The summed E-state index contributed by atoms with van der Waals surface area (Å²) in [5, 5.41) is 2.85. The van der Waals surface area contributed by atoms with Crippen molar-refractivity contribution >= 4 is 28.6 Å². The highest BCUT2D eigenvalue weighted by Crippen LogP contribution is 2.29. The van der Waals surface area contributed by atoms with Gasteiger partial charge in [-0.25, -0.2) is 13.8 Å². The first-order valence-electron chi connectivity index (χ1n) is 10.6. The molecule has 1 amide bonds. The fourth-order valence-electron chi connectivity index (χ4n) is 4.02. The van der Waals surface area contributed by atoms with Crippen molar-refractivity contribution in [1.29, 1.82) is 0 Å². The maximum Gasteiger partial charge on any atom is 0.296 e. The van der Waals surface area contributed by atoms with Gasteiger partial charge >= 0.3 is 0 Å². The van der Waals surface area contributed by atoms with Crippen molar-refractivity contribution in [2.24, 2.45) is 0 Å². The predicted octanol–water partition coefficient (Wildman–Crippen LogP) is 1.92. The number of benzene rings is 1. The number of carbonyl (C=O) groups is 1. The van der Waals surface area contributed by atoms with Crippen molar-refractivity contribution in [1.82, 2.24) is 24.8 Å². The van der Waals surface area contributed by atoms with Gasteiger partial charge in [0.25, 0.3) is 6.43 Å². The van der Waals surface area contributed by atoms with E-state index in [9.17, 15) is 13.6 Å². The van der Waals surface area contributed by atoms with Gasteiger partial charge in [-0.2, -0.15) is 9.97 Å². The Hall–Kier alpha value is -3.34. The second-order valence-electron chi connectivity index (χ2n) is 7.67. The molecule has 168 valence electrons. The summed E-state index contributed by atoms with van der Waals surface area (Å²) in [5.41, 5.74) is 0.967. The van der Waals surface area contributed by atoms with Crippen molar-refractivity contribution < 1.29 is 18.3 Å². The number of nitrogens with one attached hydrogen (secondary N) is 1. The fraction of sp³-hybridized carbons (Fsp3) is 0.429. The van der Waals surface area contributed by atoms with Gasteiger partial charge in [-0.05, 0) is 12.1 Å². The Bertz CT molecular complexity index is 1130. The van der Waals surface area contributed by atoms with E-state index in [4.69, 9.17) is 4.74 Å². The normalized spacial score (nSPS) is 17.7. The summed E-state index contributed by atoms with van der Waals surface area (Å²) < 4.78 is 34.7. The number of para-hydroxylation sites is 2. The van der Waals surface area contributed by atoms with Crippen LogP contribution in [-0.2, 0) is 9.53 Å². The third-order valence-electron chi connectivity index (χ3n) is 5.64. The Morgan fingerprint density at radius 1 is 0.969 bits per heavy atom. The van der Waals surface area contributed by atoms with Gasteiger partial charge in [0.2, 0.25) is 11.9 Å². The molecular formula is C21H23F2N7O2. The summed E-state index contributed by atoms with van der Waals surface area (Å²) in [6.07, 6.45) is -2.45. The first kappa shape index (κ1) is 20.6. The van der Waals surface area contributed by atoms with Gasteiger partial charge in [-0.3, -0.25) is 9.36 Å². The molecule has 0 bridgehead atoms. The van der Waals surface area contributed by atoms with Crippen LogP contribution in [0.2, 0.25) is 0 Å². The van der Waals surface area contributed by atoms with E-state index in [1.807, 2.05) is 11.0 Å². The number of alkyl halides is 2. The summed E-state index contributed by atoms with van der Waals surface area (Å²) >= 11 is 0. The van der Waals surface area contributed by atoms with Gasteiger partial charge in [0, 0.05) is 45.2 Å². The van der Waals surface area contributed by atoms with Gasteiger partial charge in [0.15, 0.2) is 5.82 Å². The Balaban J connectivity index is 1.66. The molecule has 11 heteroatoms. The zero-order valence-electron chi connectivity index (χ0n) is 17.4. The molecule has 0 aliphatic carbocycles. The quantitative estimate of drug-likeness (QED) is 0.659. The summed E-state index contributed by atoms with van der Waals surface area (Å²) in [6.45, 7) is 3.94. The van der Waals surface area contributed by atoms with Gasteiger partial charge < -0.3 is 19.9 Å². The minimum atomic E-state index is -2.79. The number of halogens is 2. The second-order valence-corrected chi connectivity index (χ2v) is 7.67. The number of hydrogen-bond donors (Lipinski definition) is 1. The van der Waals surface area contributed by atoms with Crippen LogP contribution in [-0.4, -0.2) is 71.4 Å². The SMILES string of the molecule is O=C1CCN(c2cc(N3CCOCC3)nc(-n3c(C(F)F)nc4ccccc43)n2)CCN1. The van der Waals surface area contributed by atoms with Crippen LogP contribution in [0.5, 0.6) is 0 Å². The lowest BCUT2D eigenvalue weighted by molar-refractivity contribution is -0.120.